The number of hydrogen-bond donors (Lipinski definition) is 1. The Hall–Kier alpha value is -1.62. The molecule has 5 heteroatoms. The third-order valence-electron chi connectivity index (χ3n) is 2.62. The van der Waals surface area contributed by atoms with E-state index in [-0.39, 0.29) is 0 Å². The minimum Gasteiger partial charge on any atom is -0.347 e. The lowest BCUT2D eigenvalue weighted by Gasteiger charge is -2.13. The van der Waals surface area contributed by atoms with Crippen LogP contribution in [0.2, 0.25) is 0 Å². The van der Waals surface area contributed by atoms with Gasteiger partial charge in [0.15, 0.2) is 15.1 Å². The van der Waals surface area contributed by atoms with Gasteiger partial charge in [0.25, 0.3) is 0 Å². The molecule has 1 N–H and O–H groups in total. The second-order valence-electron chi connectivity index (χ2n) is 3.93. The van der Waals surface area contributed by atoms with Crippen molar-refractivity contribution in [3.63, 3.8) is 0 Å². The molecule has 1 heterocycles. The predicted molar refractivity (Wildman–Crippen MR) is 69.5 cm³/mol. The van der Waals surface area contributed by atoms with Gasteiger partial charge in [0.2, 0.25) is 0 Å². The van der Waals surface area contributed by atoms with Gasteiger partial charge in [0, 0.05) is 12.4 Å². The van der Waals surface area contributed by atoms with Crippen LogP contribution in [0.4, 0.5) is 0 Å². The summed E-state index contributed by atoms with van der Waals surface area (Å²) in [5.74, 6) is 0.431. The van der Waals surface area contributed by atoms with Gasteiger partial charge in [0.05, 0.1) is 4.90 Å². The lowest BCUT2D eigenvalue weighted by Crippen LogP contribution is -2.16. The van der Waals surface area contributed by atoms with E-state index in [2.05, 4.69) is 9.97 Å². The van der Waals surface area contributed by atoms with Gasteiger partial charge in [-0.3, -0.25) is 0 Å². The summed E-state index contributed by atoms with van der Waals surface area (Å²) in [5.41, 5.74) is 0. The molecule has 0 aliphatic rings. The van der Waals surface area contributed by atoms with Gasteiger partial charge >= 0.3 is 0 Å². The second-order valence-corrected chi connectivity index (χ2v) is 5.90. The summed E-state index contributed by atoms with van der Waals surface area (Å²) in [6.45, 7) is 1.95. The van der Waals surface area contributed by atoms with E-state index in [1.165, 1.54) is 0 Å². The molecular formula is C13H15N2O2S. The summed E-state index contributed by atoms with van der Waals surface area (Å²) in [5, 5.41) is 0.348. The third kappa shape index (κ3) is 2.46. The van der Waals surface area contributed by atoms with Crippen molar-refractivity contribution in [3.8, 4) is 0 Å². The van der Waals surface area contributed by atoms with E-state index in [1.54, 1.807) is 42.7 Å². The number of imidazole rings is 1. The maximum absolute atomic E-state index is 12.5. The standard InChI is InChI=1S/C13H15N2O2S/c1-2-6-12(13-14-9-10-15-13)18(16,17)11-7-4-3-5-8-11/h3-5,7-10H,2,6H2,1H3,(H,14,15). The fourth-order valence-corrected chi connectivity index (χ4v) is 3.41. The van der Waals surface area contributed by atoms with E-state index in [1.807, 2.05) is 6.92 Å². The summed E-state index contributed by atoms with van der Waals surface area (Å²) in [6, 6.07) is 8.45. The molecule has 1 radical (unpaired) electrons. The van der Waals surface area contributed by atoms with Crippen LogP contribution < -0.4 is 0 Å². The fraction of sp³-hybridized carbons (Fsp3) is 0.231. The first-order valence-electron chi connectivity index (χ1n) is 5.82. The number of nitrogens with one attached hydrogen (secondary N) is 1. The molecule has 0 saturated heterocycles. The highest BCUT2D eigenvalue weighted by Gasteiger charge is 2.31. The topological polar surface area (TPSA) is 62.8 Å². The molecule has 0 aliphatic carbocycles. The first-order valence-corrected chi connectivity index (χ1v) is 7.30. The zero-order valence-electron chi connectivity index (χ0n) is 10.1. The monoisotopic (exact) mass is 263 g/mol. The Balaban J connectivity index is 2.43. The molecule has 4 nitrogen and oxygen atoms in total. The fourth-order valence-electron chi connectivity index (χ4n) is 1.77. The van der Waals surface area contributed by atoms with Gasteiger partial charge in [-0.1, -0.05) is 31.5 Å². The summed E-state index contributed by atoms with van der Waals surface area (Å²) in [4.78, 5) is 7.24. The molecule has 0 bridgehead atoms. The Morgan fingerprint density at radius 1 is 1.28 bits per heavy atom. The minimum atomic E-state index is -3.46. The predicted octanol–water partition coefficient (Wildman–Crippen LogP) is 2.56. The SMILES string of the molecule is CCC[C](c1ncc[nH]1)S(=O)(=O)c1ccccc1. The van der Waals surface area contributed by atoms with E-state index >= 15 is 0 Å². The van der Waals surface area contributed by atoms with Crippen molar-refractivity contribution in [1.82, 2.24) is 9.97 Å². The molecule has 0 saturated carbocycles. The van der Waals surface area contributed by atoms with Crippen molar-refractivity contribution in [2.45, 2.75) is 24.7 Å². The quantitative estimate of drug-likeness (QED) is 0.901. The minimum absolute atomic E-state index is 0.310. The number of nitrogens with zero attached hydrogens (tertiary/aromatic N) is 1. The highest BCUT2D eigenvalue weighted by atomic mass is 32.2. The molecule has 2 rings (SSSR count). The van der Waals surface area contributed by atoms with E-state index in [0.29, 0.717) is 22.4 Å². The zero-order chi connectivity index (χ0) is 13.0. The number of hydrogen-bond acceptors (Lipinski definition) is 3. The number of benzene rings is 1. The van der Waals surface area contributed by atoms with E-state index in [4.69, 9.17) is 0 Å². The largest absolute Gasteiger partial charge is 0.347 e. The Morgan fingerprint density at radius 3 is 2.56 bits per heavy atom. The first kappa shape index (κ1) is 12.8. The molecule has 0 aliphatic heterocycles. The van der Waals surface area contributed by atoms with Crippen LogP contribution in [0.1, 0.15) is 25.6 Å². The molecule has 0 atom stereocenters. The Morgan fingerprint density at radius 2 is 2.00 bits per heavy atom. The number of aromatic nitrogens is 2. The molecule has 0 unspecified atom stereocenters. The Bertz CT molecular complexity index is 577. The zero-order valence-corrected chi connectivity index (χ0v) is 10.9. The van der Waals surface area contributed by atoms with E-state index < -0.39 is 9.84 Å². The van der Waals surface area contributed by atoms with Crippen LogP contribution in [0, 0.1) is 5.25 Å². The summed E-state index contributed by atoms with van der Waals surface area (Å²) < 4.78 is 25.0. The van der Waals surface area contributed by atoms with Crippen LogP contribution in [0.15, 0.2) is 47.6 Å². The van der Waals surface area contributed by atoms with Crippen molar-refractivity contribution in [3.05, 3.63) is 53.8 Å². The third-order valence-corrected chi connectivity index (χ3v) is 4.56. The van der Waals surface area contributed by atoms with Crippen LogP contribution >= 0.6 is 0 Å². The van der Waals surface area contributed by atoms with Crippen LogP contribution in [0.3, 0.4) is 0 Å². The Labute approximate surface area is 107 Å². The van der Waals surface area contributed by atoms with Crippen molar-refractivity contribution >= 4 is 9.84 Å². The second kappa shape index (κ2) is 5.35. The van der Waals surface area contributed by atoms with Crippen molar-refractivity contribution < 1.29 is 8.42 Å². The lowest BCUT2D eigenvalue weighted by molar-refractivity contribution is 0.592. The first-order chi connectivity index (χ1) is 8.66. The molecule has 2 aromatic rings. The maximum atomic E-state index is 12.5. The number of aromatic amines is 1. The molecule has 1 aromatic heterocycles. The molecule has 0 amide bonds. The van der Waals surface area contributed by atoms with Crippen LogP contribution in [0.5, 0.6) is 0 Å². The number of sulfone groups is 1. The average Bonchev–Trinajstić information content (AvgIpc) is 2.90. The van der Waals surface area contributed by atoms with E-state index in [0.717, 1.165) is 6.42 Å². The Kier molecular flexibility index (Phi) is 3.81. The number of rotatable bonds is 5. The highest BCUT2D eigenvalue weighted by molar-refractivity contribution is 7.94. The highest BCUT2D eigenvalue weighted by Crippen LogP contribution is 2.29. The smallest absolute Gasteiger partial charge is 0.193 e. The van der Waals surface area contributed by atoms with Gasteiger partial charge in [-0.05, 0) is 18.6 Å². The van der Waals surface area contributed by atoms with Crippen molar-refractivity contribution in [2.75, 3.05) is 0 Å². The van der Waals surface area contributed by atoms with Gasteiger partial charge < -0.3 is 4.98 Å². The molecule has 0 spiro atoms. The molecule has 0 fully saturated rings. The molecule has 1 aromatic carbocycles. The van der Waals surface area contributed by atoms with E-state index in [9.17, 15) is 8.42 Å². The maximum Gasteiger partial charge on any atom is 0.193 e. The van der Waals surface area contributed by atoms with Crippen LogP contribution in [-0.2, 0) is 9.84 Å². The number of H-pyrrole nitrogens is 1. The van der Waals surface area contributed by atoms with Gasteiger partial charge in [0.1, 0.15) is 5.82 Å². The summed E-state index contributed by atoms with van der Waals surface area (Å²) in [7, 11) is -3.46. The van der Waals surface area contributed by atoms with Crippen LogP contribution in [0.25, 0.3) is 0 Å². The molecular weight excluding hydrogens is 248 g/mol. The van der Waals surface area contributed by atoms with Crippen molar-refractivity contribution in [1.29, 1.82) is 0 Å². The van der Waals surface area contributed by atoms with Crippen LogP contribution in [-0.4, -0.2) is 18.4 Å². The summed E-state index contributed by atoms with van der Waals surface area (Å²) in [6.07, 6.45) is 4.42. The lowest BCUT2D eigenvalue weighted by atomic mass is 10.2. The summed E-state index contributed by atoms with van der Waals surface area (Å²) >= 11 is 0. The molecule has 95 valence electrons. The average molecular weight is 263 g/mol. The molecule has 18 heavy (non-hydrogen) atoms. The van der Waals surface area contributed by atoms with Gasteiger partial charge in [-0.25, -0.2) is 13.4 Å². The van der Waals surface area contributed by atoms with Gasteiger partial charge in [-0.2, -0.15) is 0 Å². The van der Waals surface area contributed by atoms with Gasteiger partial charge in [-0.15, -0.1) is 0 Å². The van der Waals surface area contributed by atoms with Crippen molar-refractivity contribution in [2.24, 2.45) is 0 Å². The normalized spacial score (nSPS) is 11.9.